The van der Waals surface area contributed by atoms with Crippen molar-refractivity contribution in [3.63, 3.8) is 0 Å². The van der Waals surface area contributed by atoms with E-state index in [1.165, 1.54) is 44.4 Å². The van der Waals surface area contributed by atoms with Gasteiger partial charge in [-0.3, -0.25) is 9.59 Å². The topological polar surface area (TPSA) is 34.1 Å². The molecule has 0 N–H and O–H groups in total. The van der Waals surface area contributed by atoms with Crippen molar-refractivity contribution >= 4 is 56.2 Å². The van der Waals surface area contributed by atoms with Gasteiger partial charge < -0.3 is 0 Å². The number of thioether (sulfide) groups is 2. The van der Waals surface area contributed by atoms with E-state index in [1.54, 1.807) is 11.3 Å². The van der Waals surface area contributed by atoms with Crippen LogP contribution in [0.3, 0.4) is 0 Å². The van der Waals surface area contributed by atoms with Crippen LogP contribution in [0.4, 0.5) is 0 Å². The average molecular weight is 435 g/mol. The van der Waals surface area contributed by atoms with Crippen LogP contribution >= 0.6 is 34.9 Å². The summed E-state index contributed by atoms with van der Waals surface area (Å²) < 4.78 is 0. The smallest absolute Gasteiger partial charge is 0.225 e. The lowest BCUT2D eigenvalue weighted by atomic mass is 9.95. The lowest BCUT2D eigenvalue weighted by molar-refractivity contribution is -0.107. The molecule has 0 amide bonds. The molecule has 2 aliphatic rings. The number of aryl methyl sites for hydroxylation is 2. The predicted molar refractivity (Wildman–Crippen MR) is 124 cm³/mol. The number of rotatable bonds is 1. The van der Waals surface area contributed by atoms with E-state index in [0.29, 0.717) is 11.1 Å². The third-order valence-corrected chi connectivity index (χ3v) is 8.92. The third-order valence-electron chi connectivity index (χ3n) is 5.67. The monoisotopic (exact) mass is 434 g/mol. The highest BCUT2D eigenvalue weighted by molar-refractivity contribution is 8.16. The number of hydrogen-bond donors (Lipinski definition) is 0. The Kier molecular flexibility index (Phi) is 4.39. The molecule has 5 heteroatoms. The van der Waals surface area contributed by atoms with Crippen LogP contribution in [0.25, 0.3) is 21.6 Å². The molecule has 0 radical (unpaired) electrons. The van der Waals surface area contributed by atoms with E-state index in [1.807, 2.05) is 31.2 Å². The molecular weight excluding hydrogens is 416 g/mol. The van der Waals surface area contributed by atoms with Crippen LogP contribution in [0.1, 0.15) is 32.7 Å². The fraction of sp³-hybridized carbons (Fsp3) is 0.167. The van der Waals surface area contributed by atoms with Crippen LogP contribution in [0, 0.1) is 27.7 Å². The highest BCUT2D eigenvalue weighted by Gasteiger charge is 2.36. The summed E-state index contributed by atoms with van der Waals surface area (Å²) in [7, 11) is 0. The van der Waals surface area contributed by atoms with Gasteiger partial charge in [-0.05, 0) is 85.6 Å². The summed E-state index contributed by atoms with van der Waals surface area (Å²) in [6.45, 7) is 8.47. The van der Waals surface area contributed by atoms with Gasteiger partial charge in [0.2, 0.25) is 10.2 Å². The van der Waals surface area contributed by atoms with Crippen LogP contribution in [0.2, 0.25) is 0 Å². The van der Waals surface area contributed by atoms with Crippen molar-refractivity contribution in [1.82, 2.24) is 0 Å². The molecule has 2 nitrogen and oxygen atoms in total. The number of benzene rings is 2. The van der Waals surface area contributed by atoms with Gasteiger partial charge in [0.05, 0.1) is 0 Å². The van der Waals surface area contributed by atoms with Crippen LogP contribution in [-0.2, 0) is 9.59 Å². The van der Waals surface area contributed by atoms with Crippen LogP contribution in [0.5, 0.6) is 0 Å². The predicted octanol–water partition coefficient (Wildman–Crippen LogP) is 6.82. The molecular formula is C24H18O2S3. The molecule has 0 atom stereocenters. The Morgan fingerprint density at radius 2 is 1.28 bits per heavy atom. The Bertz CT molecular complexity index is 1280. The second kappa shape index (κ2) is 6.73. The minimum Gasteiger partial charge on any atom is -0.281 e. The lowest BCUT2D eigenvalue weighted by Gasteiger charge is -2.07. The zero-order valence-electron chi connectivity index (χ0n) is 16.5. The Balaban J connectivity index is 1.68. The summed E-state index contributed by atoms with van der Waals surface area (Å²) in [4.78, 5) is 30.2. The molecule has 1 aromatic heterocycles. The van der Waals surface area contributed by atoms with Crippen molar-refractivity contribution < 1.29 is 9.59 Å². The zero-order chi connectivity index (χ0) is 20.4. The van der Waals surface area contributed by atoms with Gasteiger partial charge in [-0.1, -0.05) is 24.3 Å². The van der Waals surface area contributed by atoms with E-state index in [2.05, 4.69) is 32.9 Å². The minimum atomic E-state index is -0.0372. The van der Waals surface area contributed by atoms with Gasteiger partial charge >= 0.3 is 0 Å². The van der Waals surface area contributed by atoms with E-state index in [4.69, 9.17) is 0 Å². The summed E-state index contributed by atoms with van der Waals surface area (Å²) in [6.07, 6.45) is 0. The maximum absolute atomic E-state index is 13.0. The number of carbonyl (C=O) groups excluding carboxylic acids is 2. The summed E-state index contributed by atoms with van der Waals surface area (Å²) >= 11 is 4.26. The fourth-order valence-corrected chi connectivity index (χ4v) is 7.07. The second-order valence-electron chi connectivity index (χ2n) is 7.48. The zero-order valence-corrected chi connectivity index (χ0v) is 19.0. The lowest BCUT2D eigenvalue weighted by Crippen LogP contribution is -1.99. The van der Waals surface area contributed by atoms with Gasteiger partial charge in [-0.25, -0.2) is 0 Å². The van der Waals surface area contributed by atoms with Crippen molar-refractivity contribution in [2.24, 2.45) is 0 Å². The molecule has 5 rings (SSSR count). The van der Waals surface area contributed by atoms with Crippen LogP contribution < -0.4 is 0 Å². The fourth-order valence-electron chi connectivity index (χ4n) is 3.89. The Hall–Kier alpha value is -2.08. The van der Waals surface area contributed by atoms with Crippen molar-refractivity contribution in [2.75, 3.05) is 0 Å². The van der Waals surface area contributed by atoms with Crippen molar-refractivity contribution in [2.45, 2.75) is 37.5 Å². The summed E-state index contributed by atoms with van der Waals surface area (Å²) in [6, 6.07) is 12.2. The molecule has 0 spiro atoms. The third kappa shape index (κ3) is 2.87. The summed E-state index contributed by atoms with van der Waals surface area (Å²) in [5.41, 5.74) is 7.77. The van der Waals surface area contributed by atoms with Crippen LogP contribution in [0.15, 0.2) is 46.2 Å². The molecule has 2 aromatic carbocycles. The Labute approximate surface area is 182 Å². The van der Waals surface area contributed by atoms with Crippen molar-refractivity contribution in [3.05, 3.63) is 69.1 Å². The quantitative estimate of drug-likeness (QED) is 0.393. The Morgan fingerprint density at radius 1 is 0.690 bits per heavy atom. The van der Waals surface area contributed by atoms with Crippen molar-refractivity contribution in [1.29, 1.82) is 0 Å². The van der Waals surface area contributed by atoms with E-state index in [0.717, 1.165) is 32.0 Å². The molecule has 0 aliphatic carbocycles. The normalized spacial score (nSPS) is 17.8. The Morgan fingerprint density at radius 3 is 1.86 bits per heavy atom. The first kappa shape index (κ1) is 18.9. The number of fused-ring (bicyclic) bond motifs is 2. The first-order chi connectivity index (χ1) is 13.8. The summed E-state index contributed by atoms with van der Waals surface area (Å²) in [5, 5.41) is -0.0726. The maximum Gasteiger partial charge on any atom is 0.225 e. The van der Waals surface area contributed by atoms with Gasteiger partial charge in [0.1, 0.15) is 0 Å². The largest absolute Gasteiger partial charge is 0.281 e. The van der Waals surface area contributed by atoms with Crippen molar-refractivity contribution in [3.8, 4) is 10.4 Å². The molecule has 2 aliphatic heterocycles. The first-order valence-corrected chi connectivity index (χ1v) is 11.8. The van der Waals surface area contributed by atoms with E-state index >= 15 is 0 Å². The molecule has 29 heavy (non-hydrogen) atoms. The standard InChI is InChI=1S/C24H18O2S3/c1-11-5-7-16-18(9-11)28-23(25)20(16)21-17-8-6-15(10-19(17)29-24(21)26)22-13(3)12(2)14(4)27-22/h5-10H,1-4H3/b21-20+. The maximum atomic E-state index is 13.0. The van der Waals surface area contributed by atoms with Crippen LogP contribution in [-0.4, -0.2) is 10.2 Å². The molecule has 144 valence electrons. The number of thiophene rings is 1. The number of hydrogen-bond acceptors (Lipinski definition) is 5. The minimum absolute atomic E-state index is 0.0353. The van der Waals surface area contributed by atoms with E-state index in [-0.39, 0.29) is 10.2 Å². The second-order valence-corrected chi connectivity index (χ2v) is 10.7. The van der Waals surface area contributed by atoms with Gasteiger partial charge in [0.25, 0.3) is 0 Å². The molecule has 3 aromatic rings. The SMILES string of the molecule is Cc1ccc2c(c1)SC(=O)/C2=C1/C(=O)Sc2cc(-c3sc(C)c(C)c3C)ccc21. The molecule has 0 bridgehead atoms. The highest BCUT2D eigenvalue weighted by Crippen LogP contribution is 2.51. The molecule has 0 saturated carbocycles. The van der Waals surface area contributed by atoms with Gasteiger partial charge in [0, 0.05) is 41.8 Å². The average Bonchev–Trinajstić information content (AvgIpc) is 3.26. The van der Waals surface area contributed by atoms with Gasteiger partial charge in [0.15, 0.2) is 0 Å². The molecule has 0 unspecified atom stereocenters. The number of carbonyl (C=O) groups is 2. The molecule has 0 saturated heterocycles. The highest BCUT2D eigenvalue weighted by atomic mass is 32.2. The van der Waals surface area contributed by atoms with E-state index < -0.39 is 0 Å². The molecule has 3 heterocycles. The summed E-state index contributed by atoms with van der Waals surface area (Å²) in [5.74, 6) is 0. The first-order valence-electron chi connectivity index (χ1n) is 9.36. The van der Waals surface area contributed by atoms with E-state index in [9.17, 15) is 9.59 Å². The molecule has 0 fully saturated rings. The van der Waals surface area contributed by atoms with Gasteiger partial charge in [-0.15, -0.1) is 11.3 Å². The van der Waals surface area contributed by atoms with Gasteiger partial charge in [-0.2, -0.15) is 0 Å².